The molecule has 2 N–H and O–H groups in total. The Bertz CT molecular complexity index is 875. The number of aryl methyl sites for hydroxylation is 2. The van der Waals surface area contributed by atoms with Crippen molar-refractivity contribution in [3.8, 4) is 11.1 Å². The minimum atomic E-state index is -0.405. The summed E-state index contributed by atoms with van der Waals surface area (Å²) in [6, 6.07) is 23.8. The van der Waals surface area contributed by atoms with Gasteiger partial charge in [0.05, 0.1) is 0 Å². The Balaban J connectivity index is 0.00000243. The van der Waals surface area contributed by atoms with Crippen LogP contribution in [0.1, 0.15) is 27.9 Å². The third-order valence-electron chi connectivity index (χ3n) is 4.30. The zero-order valence-electron chi connectivity index (χ0n) is 14.3. The van der Waals surface area contributed by atoms with E-state index in [9.17, 15) is 4.79 Å². The Labute approximate surface area is 165 Å². The quantitative estimate of drug-likeness (QED) is 0.580. The molecule has 26 heavy (non-hydrogen) atoms. The van der Waals surface area contributed by atoms with Gasteiger partial charge in [-0.25, -0.2) is 0 Å². The molecule has 0 fully saturated rings. The highest BCUT2D eigenvalue weighted by molar-refractivity contribution is 6.31. The van der Waals surface area contributed by atoms with Crippen LogP contribution in [0.15, 0.2) is 72.8 Å². The van der Waals surface area contributed by atoms with E-state index in [1.54, 1.807) is 6.07 Å². The Kier molecular flexibility index (Phi) is 7.26. The maximum absolute atomic E-state index is 11.3. The van der Waals surface area contributed by atoms with Crippen LogP contribution in [0.5, 0.6) is 0 Å². The molecule has 0 aliphatic heterocycles. The van der Waals surface area contributed by atoms with Gasteiger partial charge in [-0.15, -0.1) is 12.4 Å². The topological polar surface area (TPSA) is 43.1 Å². The standard InChI is InChI=1S/C22H20ClNO.ClH/c23-21-10-2-1-6-18(21)7-3-5-16-11-13-17(14-12-16)19-8-4-9-20(15-19)22(24)25;/h1-2,4,6,8-15H,3,5,7H2,(H2,24,25);1H. The molecular weight excluding hydrogens is 365 g/mol. The summed E-state index contributed by atoms with van der Waals surface area (Å²) in [4.78, 5) is 11.3. The maximum atomic E-state index is 11.3. The molecule has 0 aliphatic carbocycles. The summed E-state index contributed by atoms with van der Waals surface area (Å²) in [5.41, 5.74) is 10.5. The Morgan fingerprint density at radius 2 is 1.58 bits per heavy atom. The largest absolute Gasteiger partial charge is 0.366 e. The normalized spacial score (nSPS) is 10.2. The van der Waals surface area contributed by atoms with Crippen LogP contribution in [0.25, 0.3) is 11.1 Å². The van der Waals surface area contributed by atoms with Gasteiger partial charge in [-0.2, -0.15) is 0 Å². The molecule has 0 atom stereocenters. The average molecular weight is 386 g/mol. The lowest BCUT2D eigenvalue weighted by Gasteiger charge is -2.07. The minimum Gasteiger partial charge on any atom is -0.366 e. The van der Waals surface area contributed by atoms with E-state index in [1.807, 2.05) is 36.4 Å². The number of carbonyl (C=O) groups is 1. The summed E-state index contributed by atoms with van der Waals surface area (Å²) in [7, 11) is 0. The van der Waals surface area contributed by atoms with E-state index < -0.39 is 5.91 Å². The third-order valence-corrected chi connectivity index (χ3v) is 4.67. The van der Waals surface area contributed by atoms with Gasteiger partial charge in [-0.1, -0.05) is 66.2 Å². The monoisotopic (exact) mass is 385 g/mol. The molecule has 0 aromatic heterocycles. The Hall–Kier alpha value is -2.29. The summed E-state index contributed by atoms with van der Waals surface area (Å²) in [6.07, 6.45) is 3.04. The van der Waals surface area contributed by atoms with Crippen LogP contribution in [-0.2, 0) is 12.8 Å². The number of amides is 1. The maximum Gasteiger partial charge on any atom is 0.248 e. The van der Waals surface area contributed by atoms with E-state index in [0.717, 1.165) is 35.4 Å². The number of rotatable bonds is 6. The van der Waals surface area contributed by atoms with Gasteiger partial charge < -0.3 is 5.73 Å². The smallest absolute Gasteiger partial charge is 0.248 e. The second-order valence-electron chi connectivity index (χ2n) is 6.09. The summed E-state index contributed by atoms with van der Waals surface area (Å²) in [6.45, 7) is 0. The fourth-order valence-electron chi connectivity index (χ4n) is 2.90. The molecule has 4 heteroatoms. The first-order chi connectivity index (χ1) is 12.1. The number of hydrogen-bond donors (Lipinski definition) is 1. The fraction of sp³-hybridized carbons (Fsp3) is 0.136. The number of primary amides is 1. The van der Waals surface area contributed by atoms with E-state index in [2.05, 4.69) is 30.3 Å². The molecule has 0 saturated heterocycles. The average Bonchev–Trinajstić information content (AvgIpc) is 2.64. The number of nitrogens with two attached hydrogens (primary N) is 1. The van der Waals surface area contributed by atoms with Crippen molar-refractivity contribution in [2.45, 2.75) is 19.3 Å². The van der Waals surface area contributed by atoms with Gasteiger partial charge in [0.1, 0.15) is 0 Å². The molecule has 0 heterocycles. The molecule has 3 aromatic rings. The van der Waals surface area contributed by atoms with Gasteiger partial charge in [-0.3, -0.25) is 4.79 Å². The molecule has 0 saturated carbocycles. The van der Waals surface area contributed by atoms with Crippen LogP contribution in [0.4, 0.5) is 0 Å². The number of benzene rings is 3. The van der Waals surface area contributed by atoms with E-state index in [0.29, 0.717) is 5.56 Å². The first-order valence-corrected chi connectivity index (χ1v) is 8.74. The van der Waals surface area contributed by atoms with Gasteiger partial charge in [0, 0.05) is 10.6 Å². The molecular formula is C22H21Cl2NO. The van der Waals surface area contributed by atoms with Crippen LogP contribution in [0.3, 0.4) is 0 Å². The first kappa shape index (κ1) is 20.0. The van der Waals surface area contributed by atoms with Crippen molar-refractivity contribution in [2.24, 2.45) is 5.73 Å². The summed E-state index contributed by atoms with van der Waals surface area (Å²) in [5, 5.41) is 0.840. The molecule has 0 radical (unpaired) electrons. The number of hydrogen-bond acceptors (Lipinski definition) is 1. The van der Waals surface area contributed by atoms with Gasteiger partial charge in [0.2, 0.25) is 5.91 Å². The second kappa shape index (κ2) is 9.42. The molecule has 0 unspecified atom stereocenters. The van der Waals surface area contributed by atoms with Crippen molar-refractivity contribution in [3.63, 3.8) is 0 Å². The molecule has 3 rings (SSSR count). The van der Waals surface area contributed by atoms with Crippen molar-refractivity contribution < 1.29 is 4.79 Å². The van der Waals surface area contributed by atoms with Crippen LogP contribution >= 0.6 is 24.0 Å². The minimum absolute atomic E-state index is 0. The first-order valence-electron chi connectivity index (χ1n) is 8.36. The van der Waals surface area contributed by atoms with Gasteiger partial charge in [0.15, 0.2) is 0 Å². The lowest BCUT2D eigenvalue weighted by atomic mass is 9.99. The molecule has 0 aliphatic rings. The zero-order valence-corrected chi connectivity index (χ0v) is 15.9. The molecule has 2 nitrogen and oxygen atoms in total. The summed E-state index contributed by atoms with van der Waals surface area (Å²) >= 11 is 6.20. The lowest BCUT2D eigenvalue weighted by Crippen LogP contribution is -2.10. The van der Waals surface area contributed by atoms with Crippen molar-refractivity contribution in [1.82, 2.24) is 0 Å². The third kappa shape index (κ3) is 5.10. The van der Waals surface area contributed by atoms with Gasteiger partial charge in [0.25, 0.3) is 0 Å². The Morgan fingerprint density at radius 1 is 0.846 bits per heavy atom. The molecule has 1 amide bonds. The van der Waals surface area contributed by atoms with Crippen molar-refractivity contribution in [2.75, 3.05) is 0 Å². The fourth-order valence-corrected chi connectivity index (χ4v) is 3.13. The number of halogens is 2. The predicted molar refractivity (Wildman–Crippen MR) is 111 cm³/mol. The molecule has 0 bridgehead atoms. The highest BCUT2D eigenvalue weighted by Crippen LogP contribution is 2.22. The van der Waals surface area contributed by atoms with E-state index in [1.165, 1.54) is 11.1 Å². The van der Waals surface area contributed by atoms with Crippen LogP contribution in [0.2, 0.25) is 5.02 Å². The van der Waals surface area contributed by atoms with Crippen LogP contribution in [0, 0.1) is 0 Å². The van der Waals surface area contributed by atoms with Gasteiger partial charge >= 0.3 is 0 Å². The van der Waals surface area contributed by atoms with Crippen molar-refractivity contribution >= 4 is 29.9 Å². The van der Waals surface area contributed by atoms with Crippen molar-refractivity contribution in [3.05, 3.63) is 94.5 Å². The van der Waals surface area contributed by atoms with Crippen LogP contribution < -0.4 is 5.73 Å². The van der Waals surface area contributed by atoms with Crippen molar-refractivity contribution in [1.29, 1.82) is 0 Å². The van der Waals surface area contributed by atoms with E-state index in [4.69, 9.17) is 17.3 Å². The molecule has 134 valence electrons. The van der Waals surface area contributed by atoms with E-state index >= 15 is 0 Å². The predicted octanol–water partition coefficient (Wildman–Crippen LogP) is 5.70. The van der Waals surface area contributed by atoms with Crippen LogP contribution in [-0.4, -0.2) is 5.91 Å². The molecule has 0 spiro atoms. The highest BCUT2D eigenvalue weighted by Gasteiger charge is 2.04. The zero-order chi connectivity index (χ0) is 17.6. The summed E-state index contributed by atoms with van der Waals surface area (Å²) < 4.78 is 0. The number of carbonyl (C=O) groups excluding carboxylic acids is 1. The SMILES string of the molecule is Cl.NC(=O)c1cccc(-c2ccc(CCCc3ccccc3Cl)cc2)c1. The lowest BCUT2D eigenvalue weighted by molar-refractivity contribution is 0.100. The molecule has 3 aromatic carbocycles. The Morgan fingerprint density at radius 3 is 2.27 bits per heavy atom. The van der Waals surface area contributed by atoms with E-state index in [-0.39, 0.29) is 12.4 Å². The highest BCUT2D eigenvalue weighted by atomic mass is 35.5. The summed E-state index contributed by atoms with van der Waals surface area (Å²) in [5.74, 6) is -0.405. The van der Waals surface area contributed by atoms with Gasteiger partial charge in [-0.05, 0) is 59.7 Å². The second-order valence-corrected chi connectivity index (χ2v) is 6.49.